The van der Waals surface area contributed by atoms with Gasteiger partial charge in [0.2, 0.25) is 0 Å². The molecule has 1 unspecified atom stereocenters. The van der Waals surface area contributed by atoms with E-state index in [-0.39, 0.29) is 0 Å². The molecule has 3 aromatic carbocycles. The van der Waals surface area contributed by atoms with Crippen LogP contribution < -0.4 is 10.1 Å². The predicted molar refractivity (Wildman–Crippen MR) is 107 cm³/mol. The van der Waals surface area contributed by atoms with Crippen LogP contribution in [0.3, 0.4) is 0 Å². The normalized spacial score (nSPS) is 16.2. The minimum absolute atomic E-state index is 0.431. The van der Waals surface area contributed by atoms with Gasteiger partial charge in [-0.2, -0.15) is 0 Å². The molecule has 2 N–H and O–H groups in total. The van der Waals surface area contributed by atoms with Crippen LogP contribution in [0.5, 0.6) is 5.75 Å². The number of hydrogen-bond donors (Lipinski definition) is 2. The summed E-state index contributed by atoms with van der Waals surface area (Å²) < 4.78 is 6.06. The summed E-state index contributed by atoms with van der Waals surface area (Å²) in [6.45, 7) is 1.45. The van der Waals surface area contributed by atoms with Crippen molar-refractivity contribution in [2.75, 3.05) is 13.2 Å². The summed E-state index contributed by atoms with van der Waals surface area (Å²) in [5.41, 5.74) is 3.84. The van der Waals surface area contributed by atoms with Crippen LogP contribution in [0.15, 0.2) is 60.7 Å². The first-order valence-corrected chi connectivity index (χ1v) is 9.33. The molecule has 0 bridgehead atoms. The summed E-state index contributed by atoms with van der Waals surface area (Å²) >= 11 is 0. The fourth-order valence-electron chi connectivity index (χ4n) is 3.91. The van der Waals surface area contributed by atoms with Crippen LogP contribution in [0.25, 0.3) is 10.8 Å². The Labute approximate surface area is 154 Å². The van der Waals surface area contributed by atoms with E-state index in [0.29, 0.717) is 12.6 Å². The SMILES string of the molecule is N=Cc1ccc(OCCNC2CCCc3ccccc32)c2ccccc12. The van der Waals surface area contributed by atoms with Gasteiger partial charge < -0.3 is 15.5 Å². The standard InChI is InChI=1S/C23H24N2O/c24-16-18-12-13-23(21-10-4-3-8-19(18)21)26-15-14-25-22-11-5-7-17-6-1-2-9-20(17)22/h1-4,6,8-10,12-13,16,22,24-25H,5,7,11,14-15H2. The number of benzene rings is 3. The zero-order valence-corrected chi connectivity index (χ0v) is 14.9. The molecule has 0 heterocycles. The molecule has 0 aliphatic heterocycles. The first kappa shape index (κ1) is 16.8. The lowest BCUT2D eigenvalue weighted by Crippen LogP contribution is -2.28. The number of ether oxygens (including phenoxy) is 1. The molecular weight excluding hydrogens is 320 g/mol. The summed E-state index contributed by atoms with van der Waals surface area (Å²) in [6, 6.07) is 21.2. The Morgan fingerprint density at radius 1 is 1.00 bits per heavy atom. The molecule has 4 rings (SSSR count). The van der Waals surface area contributed by atoms with Gasteiger partial charge in [0.25, 0.3) is 0 Å². The zero-order valence-electron chi connectivity index (χ0n) is 14.9. The highest BCUT2D eigenvalue weighted by atomic mass is 16.5. The van der Waals surface area contributed by atoms with E-state index in [0.717, 1.165) is 28.6 Å². The smallest absolute Gasteiger partial charge is 0.127 e. The monoisotopic (exact) mass is 344 g/mol. The van der Waals surface area contributed by atoms with Gasteiger partial charge >= 0.3 is 0 Å². The van der Waals surface area contributed by atoms with Crippen molar-refractivity contribution >= 4 is 17.0 Å². The van der Waals surface area contributed by atoms with Crippen molar-refractivity contribution < 1.29 is 4.74 Å². The van der Waals surface area contributed by atoms with Crippen molar-refractivity contribution in [3.8, 4) is 5.75 Å². The molecule has 0 fully saturated rings. The maximum Gasteiger partial charge on any atom is 0.127 e. The Morgan fingerprint density at radius 3 is 2.69 bits per heavy atom. The molecule has 0 radical (unpaired) electrons. The molecule has 132 valence electrons. The molecule has 26 heavy (non-hydrogen) atoms. The third-order valence-electron chi connectivity index (χ3n) is 5.19. The molecule has 1 aliphatic rings. The molecule has 0 saturated carbocycles. The minimum atomic E-state index is 0.431. The van der Waals surface area contributed by atoms with Crippen molar-refractivity contribution in [2.45, 2.75) is 25.3 Å². The van der Waals surface area contributed by atoms with Gasteiger partial charge in [0.05, 0.1) is 0 Å². The third-order valence-corrected chi connectivity index (χ3v) is 5.19. The van der Waals surface area contributed by atoms with Gasteiger partial charge in [-0.15, -0.1) is 0 Å². The van der Waals surface area contributed by atoms with Gasteiger partial charge in [0.1, 0.15) is 12.4 Å². The molecule has 3 heteroatoms. The van der Waals surface area contributed by atoms with E-state index in [1.54, 1.807) is 0 Å². The second-order valence-corrected chi connectivity index (χ2v) is 6.79. The van der Waals surface area contributed by atoms with E-state index in [2.05, 4.69) is 35.6 Å². The Morgan fingerprint density at radius 2 is 1.81 bits per heavy atom. The second kappa shape index (κ2) is 7.71. The van der Waals surface area contributed by atoms with Crippen LogP contribution >= 0.6 is 0 Å². The highest BCUT2D eigenvalue weighted by Gasteiger charge is 2.18. The topological polar surface area (TPSA) is 45.1 Å². The van der Waals surface area contributed by atoms with Gasteiger partial charge in [-0.3, -0.25) is 0 Å². The Kier molecular flexibility index (Phi) is 4.98. The lowest BCUT2D eigenvalue weighted by atomic mass is 9.88. The van der Waals surface area contributed by atoms with Gasteiger partial charge in [0, 0.05) is 29.8 Å². The number of nitrogens with one attached hydrogen (secondary N) is 2. The van der Waals surface area contributed by atoms with Gasteiger partial charge in [-0.1, -0.05) is 48.5 Å². The molecule has 3 nitrogen and oxygen atoms in total. The largest absolute Gasteiger partial charge is 0.492 e. The van der Waals surface area contributed by atoms with Crippen LogP contribution in [0.1, 0.15) is 35.6 Å². The fraction of sp³-hybridized carbons (Fsp3) is 0.261. The van der Waals surface area contributed by atoms with E-state index in [1.165, 1.54) is 36.6 Å². The minimum Gasteiger partial charge on any atom is -0.492 e. The average Bonchev–Trinajstić information content (AvgIpc) is 2.71. The highest BCUT2D eigenvalue weighted by Crippen LogP contribution is 2.30. The fourth-order valence-corrected chi connectivity index (χ4v) is 3.91. The maximum atomic E-state index is 7.56. The molecule has 1 aliphatic carbocycles. The van der Waals surface area contributed by atoms with Crippen molar-refractivity contribution in [1.29, 1.82) is 5.41 Å². The number of rotatable bonds is 6. The van der Waals surface area contributed by atoms with Crippen LogP contribution in [-0.2, 0) is 6.42 Å². The number of fused-ring (bicyclic) bond motifs is 2. The molecule has 0 saturated heterocycles. The maximum absolute atomic E-state index is 7.56. The molecule has 1 atom stereocenters. The van der Waals surface area contributed by atoms with Crippen LogP contribution in [0.2, 0.25) is 0 Å². The molecule has 0 spiro atoms. The average molecular weight is 344 g/mol. The Hall–Kier alpha value is -2.65. The highest BCUT2D eigenvalue weighted by molar-refractivity contribution is 6.01. The van der Waals surface area contributed by atoms with Crippen molar-refractivity contribution in [3.63, 3.8) is 0 Å². The Balaban J connectivity index is 1.41. The summed E-state index contributed by atoms with van der Waals surface area (Å²) in [5.74, 6) is 0.886. The summed E-state index contributed by atoms with van der Waals surface area (Å²) in [4.78, 5) is 0. The molecule has 0 aromatic heterocycles. The van der Waals surface area contributed by atoms with Crippen LogP contribution in [0.4, 0.5) is 0 Å². The van der Waals surface area contributed by atoms with E-state index in [9.17, 15) is 0 Å². The van der Waals surface area contributed by atoms with E-state index in [4.69, 9.17) is 10.1 Å². The van der Waals surface area contributed by atoms with E-state index in [1.807, 2.05) is 30.3 Å². The van der Waals surface area contributed by atoms with Gasteiger partial charge in [-0.25, -0.2) is 0 Å². The Bertz CT molecular complexity index is 919. The van der Waals surface area contributed by atoms with Crippen LogP contribution in [0, 0.1) is 5.41 Å². The van der Waals surface area contributed by atoms with Crippen LogP contribution in [-0.4, -0.2) is 19.4 Å². The quantitative estimate of drug-likeness (QED) is 0.494. The first-order chi connectivity index (χ1) is 12.9. The lowest BCUT2D eigenvalue weighted by molar-refractivity contribution is 0.303. The van der Waals surface area contributed by atoms with E-state index >= 15 is 0 Å². The number of aryl methyl sites for hydroxylation is 1. The van der Waals surface area contributed by atoms with E-state index < -0.39 is 0 Å². The first-order valence-electron chi connectivity index (χ1n) is 9.33. The van der Waals surface area contributed by atoms with Gasteiger partial charge in [0.15, 0.2) is 0 Å². The predicted octanol–water partition coefficient (Wildman–Crippen LogP) is 4.88. The second-order valence-electron chi connectivity index (χ2n) is 6.79. The van der Waals surface area contributed by atoms with Crippen molar-refractivity contribution in [2.24, 2.45) is 0 Å². The summed E-state index contributed by atoms with van der Waals surface area (Å²) in [6.07, 6.45) is 5.02. The third kappa shape index (κ3) is 3.35. The van der Waals surface area contributed by atoms with Crippen molar-refractivity contribution in [1.82, 2.24) is 5.32 Å². The molecule has 3 aromatic rings. The van der Waals surface area contributed by atoms with Crippen molar-refractivity contribution in [3.05, 3.63) is 77.4 Å². The summed E-state index contributed by atoms with van der Waals surface area (Å²) in [5, 5.41) is 13.3. The summed E-state index contributed by atoms with van der Waals surface area (Å²) in [7, 11) is 0. The van der Waals surface area contributed by atoms with Gasteiger partial charge in [-0.05, 0) is 47.9 Å². The molecular formula is C23H24N2O. The lowest BCUT2D eigenvalue weighted by Gasteiger charge is -2.26. The zero-order chi connectivity index (χ0) is 17.8. The number of hydrogen-bond acceptors (Lipinski definition) is 3. The molecule has 0 amide bonds.